The van der Waals surface area contributed by atoms with Crippen molar-refractivity contribution in [3.05, 3.63) is 35.9 Å². The summed E-state index contributed by atoms with van der Waals surface area (Å²) >= 11 is 0. The van der Waals surface area contributed by atoms with Crippen molar-refractivity contribution in [2.24, 2.45) is 0 Å². The molecule has 0 spiro atoms. The van der Waals surface area contributed by atoms with Crippen LogP contribution in [0.15, 0.2) is 34.7 Å². The molecule has 0 saturated heterocycles. The smallest absolute Gasteiger partial charge is 0.387 e. The minimum absolute atomic E-state index is 0.0396. The second kappa shape index (κ2) is 5.88. The summed E-state index contributed by atoms with van der Waals surface area (Å²) in [5.41, 5.74) is 0.0228. The van der Waals surface area contributed by atoms with Crippen molar-refractivity contribution in [1.82, 2.24) is 0 Å². The Morgan fingerprint density at radius 3 is 2.60 bits per heavy atom. The number of alkyl halides is 2. The molecule has 0 saturated carbocycles. The van der Waals surface area contributed by atoms with E-state index >= 15 is 0 Å². The number of benzene rings is 2. The van der Waals surface area contributed by atoms with Gasteiger partial charge in [0.1, 0.15) is 5.58 Å². The molecule has 3 rings (SSSR count). The first-order valence-corrected chi connectivity index (χ1v) is 8.70. The normalized spacial score (nSPS) is 12.0. The van der Waals surface area contributed by atoms with Gasteiger partial charge in [0.05, 0.1) is 11.8 Å². The zero-order chi connectivity index (χ0) is 18.4. The Morgan fingerprint density at radius 2 is 2.00 bits per heavy atom. The van der Waals surface area contributed by atoms with E-state index in [-0.39, 0.29) is 38.9 Å². The minimum atomic E-state index is -3.55. The average molecular weight is 371 g/mol. The number of carboxylic acids is 1. The van der Waals surface area contributed by atoms with Gasteiger partial charge >= 0.3 is 12.6 Å². The molecule has 0 fully saturated rings. The van der Waals surface area contributed by atoms with E-state index in [1.807, 2.05) is 0 Å². The van der Waals surface area contributed by atoms with Gasteiger partial charge in [-0.15, -0.1) is 0 Å². The highest BCUT2D eigenvalue weighted by Crippen LogP contribution is 2.38. The average Bonchev–Trinajstić information content (AvgIpc) is 2.84. The fraction of sp³-hybridized carbons (Fsp3) is 0.133. The lowest BCUT2D eigenvalue weighted by Crippen LogP contribution is -2.09. The number of hydrogen-bond acceptors (Lipinski definition) is 5. The van der Waals surface area contributed by atoms with Crippen LogP contribution in [-0.2, 0) is 10.0 Å². The van der Waals surface area contributed by atoms with Gasteiger partial charge < -0.3 is 14.3 Å². The van der Waals surface area contributed by atoms with Crippen LogP contribution in [0.2, 0.25) is 0 Å². The summed E-state index contributed by atoms with van der Waals surface area (Å²) in [6.45, 7) is -3.12. The van der Waals surface area contributed by atoms with Gasteiger partial charge in [0.15, 0.2) is 11.3 Å². The van der Waals surface area contributed by atoms with Crippen molar-refractivity contribution in [3.63, 3.8) is 0 Å². The van der Waals surface area contributed by atoms with Crippen molar-refractivity contribution < 1.29 is 36.3 Å². The van der Waals surface area contributed by atoms with Crippen molar-refractivity contribution >= 4 is 43.6 Å². The summed E-state index contributed by atoms with van der Waals surface area (Å²) in [6, 6.07) is 6.37. The molecular formula is C15H11F2NO6S. The van der Waals surface area contributed by atoms with Crippen molar-refractivity contribution in [2.45, 2.75) is 6.61 Å². The Bertz CT molecular complexity index is 1090. The number of anilines is 1. The SMILES string of the molecule is CS(=O)(=O)Nc1ccc2oc3c(OC(F)F)ccc(C(=O)O)c3c2c1. The molecule has 2 N–H and O–H groups in total. The largest absolute Gasteiger partial charge is 0.478 e. The Kier molecular flexibility index (Phi) is 3.99. The van der Waals surface area contributed by atoms with Gasteiger partial charge in [-0.2, -0.15) is 8.78 Å². The third kappa shape index (κ3) is 3.33. The standard InChI is InChI=1S/C15H11F2NO6S/c1-25(21,22)18-7-2-4-10-9(6-7)12-8(14(19)20)3-5-11(13(12)23-10)24-15(16)17/h2-6,15,18H,1H3,(H,19,20). The lowest BCUT2D eigenvalue weighted by Gasteiger charge is -2.06. The number of furan rings is 1. The van der Waals surface area contributed by atoms with Gasteiger partial charge in [0.2, 0.25) is 10.0 Å². The molecule has 132 valence electrons. The third-order valence-electron chi connectivity index (χ3n) is 3.33. The fourth-order valence-corrected chi connectivity index (χ4v) is 3.06. The third-order valence-corrected chi connectivity index (χ3v) is 3.94. The van der Waals surface area contributed by atoms with Crippen LogP contribution in [0.5, 0.6) is 5.75 Å². The lowest BCUT2D eigenvalue weighted by atomic mass is 10.1. The first-order valence-electron chi connectivity index (χ1n) is 6.81. The van der Waals surface area contributed by atoms with Gasteiger partial charge in [-0.1, -0.05) is 0 Å². The molecule has 0 bridgehead atoms. The summed E-state index contributed by atoms with van der Waals surface area (Å²) in [5, 5.41) is 9.64. The molecule has 0 amide bonds. The van der Waals surface area contributed by atoms with Gasteiger partial charge in [0.25, 0.3) is 0 Å². The zero-order valence-corrected chi connectivity index (χ0v) is 13.4. The summed E-state index contributed by atoms with van der Waals surface area (Å²) in [7, 11) is -3.55. The first kappa shape index (κ1) is 17.0. The molecule has 7 nitrogen and oxygen atoms in total. The molecule has 3 aromatic rings. The van der Waals surface area contributed by atoms with Crippen LogP contribution in [0.3, 0.4) is 0 Å². The fourth-order valence-electron chi connectivity index (χ4n) is 2.50. The summed E-state index contributed by atoms with van der Waals surface area (Å²) < 4.78 is 59.9. The second-order valence-electron chi connectivity index (χ2n) is 5.19. The molecule has 2 aromatic carbocycles. The number of rotatable bonds is 5. The predicted octanol–water partition coefficient (Wildman–Crippen LogP) is 3.26. The van der Waals surface area contributed by atoms with Gasteiger partial charge in [-0.05, 0) is 30.3 Å². The number of aromatic carboxylic acids is 1. The van der Waals surface area contributed by atoms with E-state index in [4.69, 9.17) is 4.42 Å². The highest BCUT2D eigenvalue weighted by molar-refractivity contribution is 7.92. The molecule has 25 heavy (non-hydrogen) atoms. The minimum Gasteiger partial charge on any atom is -0.478 e. The van der Waals surface area contributed by atoms with Gasteiger partial charge in [-0.3, -0.25) is 4.72 Å². The summed E-state index contributed by atoms with van der Waals surface area (Å²) in [4.78, 5) is 11.5. The molecule has 10 heteroatoms. The topological polar surface area (TPSA) is 106 Å². The monoisotopic (exact) mass is 371 g/mol. The van der Waals surface area contributed by atoms with E-state index in [1.165, 1.54) is 18.2 Å². The quantitative estimate of drug-likeness (QED) is 0.713. The van der Waals surface area contributed by atoms with E-state index in [0.29, 0.717) is 0 Å². The number of halogens is 2. The Labute approximate surface area is 139 Å². The van der Waals surface area contributed by atoms with E-state index in [0.717, 1.165) is 18.4 Å². The maximum Gasteiger partial charge on any atom is 0.387 e. The van der Waals surface area contributed by atoms with E-state index in [2.05, 4.69) is 9.46 Å². The molecule has 0 aliphatic rings. The molecule has 0 aliphatic carbocycles. The molecule has 1 aromatic heterocycles. The van der Waals surface area contributed by atoms with E-state index in [1.54, 1.807) is 0 Å². The molecular weight excluding hydrogens is 360 g/mol. The number of nitrogens with one attached hydrogen (secondary N) is 1. The number of ether oxygens (including phenoxy) is 1. The van der Waals surface area contributed by atoms with Crippen molar-refractivity contribution in [1.29, 1.82) is 0 Å². The molecule has 0 aliphatic heterocycles. The highest BCUT2D eigenvalue weighted by atomic mass is 32.2. The van der Waals surface area contributed by atoms with Crippen LogP contribution in [0.25, 0.3) is 21.9 Å². The number of carbonyl (C=O) groups is 1. The van der Waals surface area contributed by atoms with Crippen LogP contribution >= 0.6 is 0 Å². The number of sulfonamides is 1. The second-order valence-corrected chi connectivity index (χ2v) is 6.93. The molecule has 0 unspecified atom stereocenters. The van der Waals surface area contributed by atoms with Crippen LogP contribution in [0, 0.1) is 0 Å². The first-order chi connectivity index (χ1) is 11.7. The predicted molar refractivity (Wildman–Crippen MR) is 85.8 cm³/mol. The number of hydrogen-bond donors (Lipinski definition) is 2. The highest BCUT2D eigenvalue weighted by Gasteiger charge is 2.21. The van der Waals surface area contributed by atoms with Crippen LogP contribution in [-0.4, -0.2) is 32.4 Å². The Hall–Kier alpha value is -2.88. The summed E-state index contributed by atoms with van der Waals surface area (Å²) in [6.07, 6.45) is 0.960. The summed E-state index contributed by atoms with van der Waals surface area (Å²) in [5.74, 6) is -1.61. The van der Waals surface area contributed by atoms with E-state index in [9.17, 15) is 27.1 Å². The van der Waals surface area contributed by atoms with Gasteiger partial charge in [-0.25, -0.2) is 13.2 Å². The Morgan fingerprint density at radius 1 is 1.28 bits per heavy atom. The van der Waals surface area contributed by atoms with Crippen molar-refractivity contribution in [2.75, 3.05) is 11.0 Å². The number of carboxylic acid groups (broad SMARTS) is 1. The maximum atomic E-state index is 12.6. The Balaban J connectivity index is 2.33. The molecule has 0 atom stereocenters. The van der Waals surface area contributed by atoms with E-state index < -0.39 is 22.6 Å². The molecule has 0 radical (unpaired) electrons. The lowest BCUT2D eigenvalue weighted by molar-refractivity contribution is -0.0493. The van der Waals surface area contributed by atoms with Gasteiger partial charge in [0, 0.05) is 16.5 Å². The zero-order valence-electron chi connectivity index (χ0n) is 12.6. The van der Waals surface area contributed by atoms with Crippen molar-refractivity contribution in [3.8, 4) is 5.75 Å². The maximum absolute atomic E-state index is 12.6. The van der Waals surface area contributed by atoms with Crippen LogP contribution in [0.4, 0.5) is 14.5 Å². The van der Waals surface area contributed by atoms with Crippen LogP contribution < -0.4 is 9.46 Å². The number of fused-ring (bicyclic) bond motifs is 3. The molecule has 1 heterocycles. The van der Waals surface area contributed by atoms with Crippen LogP contribution in [0.1, 0.15) is 10.4 Å².